The maximum Gasteiger partial charge on any atom is 0.327 e. The number of amides is 4. The number of urea groups is 1. The zero-order valence-electron chi connectivity index (χ0n) is 17.3. The zero-order valence-corrected chi connectivity index (χ0v) is 17.3. The highest BCUT2D eigenvalue weighted by atomic mass is 16.5. The molecular weight excluding hydrogens is 374 g/mol. The number of hydrogen-bond acceptors (Lipinski definition) is 5. The summed E-state index contributed by atoms with van der Waals surface area (Å²) in [5.74, 6) is 0.700. The SMILES string of the molecule is COc1ccc(CCNC(=O)CN2C(=O)N(C)C3(CCCCC3)C2=O)cc1OC. The molecule has 2 fully saturated rings. The van der Waals surface area contributed by atoms with Crippen molar-refractivity contribution in [1.82, 2.24) is 15.1 Å². The Morgan fingerprint density at radius 1 is 1.10 bits per heavy atom. The van der Waals surface area contributed by atoms with Gasteiger partial charge in [0.05, 0.1) is 14.2 Å². The summed E-state index contributed by atoms with van der Waals surface area (Å²) >= 11 is 0. The first-order valence-corrected chi connectivity index (χ1v) is 10.0. The lowest BCUT2D eigenvalue weighted by molar-refractivity contribution is -0.137. The molecule has 2 aliphatic rings. The van der Waals surface area contributed by atoms with Gasteiger partial charge in [-0.2, -0.15) is 0 Å². The zero-order chi connectivity index (χ0) is 21.0. The Morgan fingerprint density at radius 3 is 2.45 bits per heavy atom. The number of nitrogens with zero attached hydrogens (tertiary/aromatic N) is 2. The fourth-order valence-corrected chi connectivity index (χ4v) is 4.25. The van der Waals surface area contributed by atoms with Crippen molar-refractivity contribution in [3.63, 3.8) is 0 Å². The molecule has 1 spiro atoms. The number of likely N-dealkylation sites (N-methyl/N-ethyl adjacent to an activating group) is 1. The van der Waals surface area contributed by atoms with Crippen LogP contribution in [-0.2, 0) is 16.0 Å². The van der Waals surface area contributed by atoms with Gasteiger partial charge in [0.15, 0.2) is 11.5 Å². The molecule has 1 N–H and O–H groups in total. The van der Waals surface area contributed by atoms with Crippen LogP contribution in [0.3, 0.4) is 0 Å². The predicted molar refractivity (Wildman–Crippen MR) is 107 cm³/mol. The molecule has 0 unspecified atom stereocenters. The summed E-state index contributed by atoms with van der Waals surface area (Å²) in [7, 11) is 4.82. The average Bonchev–Trinajstić information content (AvgIpc) is 2.90. The number of hydrogen-bond donors (Lipinski definition) is 1. The van der Waals surface area contributed by atoms with Crippen molar-refractivity contribution in [2.45, 2.75) is 44.1 Å². The van der Waals surface area contributed by atoms with E-state index in [0.717, 1.165) is 29.7 Å². The van der Waals surface area contributed by atoms with E-state index in [9.17, 15) is 14.4 Å². The average molecular weight is 403 g/mol. The van der Waals surface area contributed by atoms with E-state index in [2.05, 4.69) is 5.32 Å². The van der Waals surface area contributed by atoms with E-state index in [4.69, 9.17) is 9.47 Å². The monoisotopic (exact) mass is 403 g/mol. The molecule has 0 bridgehead atoms. The van der Waals surface area contributed by atoms with Gasteiger partial charge in [0.1, 0.15) is 12.1 Å². The smallest absolute Gasteiger partial charge is 0.327 e. The molecular formula is C21H29N3O5. The summed E-state index contributed by atoms with van der Waals surface area (Å²) < 4.78 is 10.5. The molecule has 0 aromatic heterocycles. The molecule has 1 aromatic rings. The van der Waals surface area contributed by atoms with Crippen molar-refractivity contribution in [2.75, 3.05) is 34.4 Å². The molecule has 3 rings (SSSR count). The molecule has 1 saturated carbocycles. The third kappa shape index (κ3) is 4.02. The van der Waals surface area contributed by atoms with Crippen molar-refractivity contribution in [3.8, 4) is 11.5 Å². The van der Waals surface area contributed by atoms with Gasteiger partial charge in [-0.15, -0.1) is 0 Å². The first-order chi connectivity index (χ1) is 13.9. The fourth-order valence-electron chi connectivity index (χ4n) is 4.25. The number of imide groups is 1. The van der Waals surface area contributed by atoms with Gasteiger partial charge >= 0.3 is 6.03 Å². The maximum absolute atomic E-state index is 12.9. The lowest BCUT2D eigenvalue weighted by Gasteiger charge is -2.35. The molecule has 1 aromatic carbocycles. The van der Waals surface area contributed by atoms with Crippen LogP contribution < -0.4 is 14.8 Å². The van der Waals surface area contributed by atoms with Gasteiger partial charge in [-0.25, -0.2) is 4.79 Å². The minimum absolute atomic E-state index is 0.236. The van der Waals surface area contributed by atoms with Crippen LogP contribution in [-0.4, -0.2) is 67.5 Å². The Kier molecular flexibility index (Phi) is 6.30. The van der Waals surface area contributed by atoms with Gasteiger partial charge in [0.25, 0.3) is 5.91 Å². The molecule has 1 heterocycles. The normalized spacial score (nSPS) is 18.3. The van der Waals surface area contributed by atoms with Crippen LogP contribution >= 0.6 is 0 Å². The highest BCUT2D eigenvalue weighted by Crippen LogP contribution is 2.39. The lowest BCUT2D eigenvalue weighted by Crippen LogP contribution is -2.49. The van der Waals surface area contributed by atoms with Crippen molar-refractivity contribution in [1.29, 1.82) is 0 Å². The first-order valence-electron chi connectivity index (χ1n) is 10.0. The molecule has 0 radical (unpaired) electrons. The summed E-state index contributed by atoms with van der Waals surface area (Å²) in [6.07, 6.45) is 4.87. The van der Waals surface area contributed by atoms with Gasteiger partial charge in [0, 0.05) is 13.6 Å². The van der Waals surface area contributed by atoms with Gasteiger partial charge in [0.2, 0.25) is 5.91 Å². The van der Waals surface area contributed by atoms with Crippen LogP contribution in [0, 0.1) is 0 Å². The Morgan fingerprint density at radius 2 is 1.79 bits per heavy atom. The third-order valence-corrected chi connectivity index (χ3v) is 5.97. The van der Waals surface area contributed by atoms with Gasteiger partial charge < -0.3 is 19.7 Å². The maximum atomic E-state index is 12.9. The van der Waals surface area contributed by atoms with Gasteiger partial charge in [-0.1, -0.05) is 25.3 Å². The quantitative estimate of drug-likeness (QED) is 0.703. The van der Waals surface area contributed by atoms with E-state index < -0.39 is 5.54 Å². The van der Waals surface area contributed by atoms with E-state index in [0.29, 0.717) is 37.3 Å². The van der Waals surface area contributed by atoms with E-state index in [1.54, 1.807) is 21.3 Å². The molecule has 29 heavy (non-hydrogen) atoms. The Labute approximate surface area is 171 Å². The highest BCUT2D eigenvalue weighted by Gasteiger charge is 2.55. The topological polar surface area (TPSA) is 88.2 Å². The minimum atomic E-state index is -0.755. The largest absolute Gasteiger partial charge is 0.493 e. The first kappa shape index (κ1) is 21.0. The third-order valence-electron chi connectivity index (χ3n) is 5.97. The van der Waals surface area contributed by atoms with Gasteiger partial charge in [-0.05, 0) is 37.0 Å². The Hall–Kier alpha value is -2.77. The number of ether oxygens (including phenoxy) is 2. The molecule has 1 saturated heterocycles. The van der Waals surface area contributed by atoms with Crippen molar-refractivity contribution < 1.29 is 23.9 Å². The highest BCUT2D eigenvalue weighted by molar-refractivity contribution is 6.08. The number of carbonyl (C=O) groups excluding carboxylic acids is 3. The molecule has 1 aliphatic heterocycles. The number of nitrogens with one attached hydrogen (secondary N) is 1. The van der Waals surface area contributed by atoms with Crippen molar-refractivity contribution >= 4 is 17.8 Å². The van der Waals surface area contributed by atoms with Crippen LogP contribution in [0.5, 0.6) is 11.5 Å². The summed E-state index contributed by atoms with van der Waals surface area (Å²) in [6, 6.07) is 5.20. The Balaban J connectivity index is 1.54. The Bertz CT molecular complexity index is 789. The van der Waals surface area contributed by atoms with E-state index in [1.807, 2.05) is 18.2 Å². The number of carbonyl (C=O) groups is 3. The van der Waals surface area contributed by atoms with Crippen LogP contribution in [0.2, 0.25) is 0 Å². The van der Waals surface area contributed by atoms with Gasteiger partial charge in [-0.3, -0.25) is 14.5 Å². The van der Waals surface area contributed by atoms with E-state index in [-0.39, 0.29) is 24.4 Å². The van der Waals surface area contributed by atoms with Crippen molar-refractivity contribution in [3.05, 3.63) is 23.8 Å². The molecule has 1 aliphatic carbocycles. The summed E-state index contributed by atoms with van der Waals surface area (Å²) in [4.78, 5) is 40.5. The second-order valence-electron chi connectivity index (χ2n) is 7.61. The predicted octanol–water partition coefficient (Wildman–Crippen LogP) is 1.96. The van der Waals surface area contributed by atoms with Crippen LogP contribution in [0.25, 0.3) is 0 Å². The standard InChI is InChI=1S/C21H29N3O5/c1-23-20(27)24(19(26)21(23)10-5-4-6-11-21)14-18(25)22-12-9-15-7-8-16(28-2)17(13-15)29-3/h7-8,13H,4-6,9-12,14H2,1-3H3,(H,22,25). The molecule has 0 atom stereocenters. The van der Waals surface area contributed by atoms with E-state index in [1.165, 1.54) is 4.90 Å². The van der Waals surface area contributed by atoms with Crippen molar-refractivity contribution in [2.24, 2.45) is 0 Å². The fraction of sp³-hybridized carbons (Fsp3) is 0.571. The molecule has 8 heteroatoms. The summed E-state index contributed by atoms with van der Waals surface area (Å²) in [6.45, 7) is 0.154. The molecule has 4 amide bonds. The second kappa shape index (κ2) is 8.71. The molecule has 8 nitrogen and oxygen atoms in total. The summed E-state index contributed by atoms with van der Waals surface area (Å²) in [5, 5.41) is 2.80. The molecule has 158 valence electrons. The van der Waals surface area contributed by atoms with Crippen LogP contribution in [0.4, 0.5) is 4.79 Å². The lowest BCUT2D eigenvalue weighted by atomic mass is 9.81. The minimum Gasteiger partial charge on any atom is -0.493 e. The van der Waals surface area contributed by atoms with Crippen LogP contribution in [0.15, 0.2) is 18.2 Å². The number of methoxy groups -OCH3 is 2. The van der Waals surface area contributed by atoms with Crippen LogP contribution in [0.1, 0.15) is 37.7 Å². The number of rotatable bonds is 7. The second-order valence-corrected chi connectivity index (χ2v) is 7.61. The van der Waals surface area contributed by atoms with E-state index >= 15 is 0 Å². The summed E-state index contributed by atoms with van der Waals surface area (Å²) in [5.41, 5.74) is 0.229. The number of benzene rings is 1.